The molecule has 0 aromatic carbocycles. The number of urea groups is 1. The fourth-order valence-electron chi connectivity index (χ4n) is 0.800. The van der Waals surface area contributed by atoms with Gasteiger partial charge in [-0.1, -0.05) is 0 Å². The van der Waals surface area contributed by atoms with Gasteiger partial charge in [0.05, 0.1) is 18.6 Å². The van der Waals surface area contributed by atoms with Gasteiger partial charge in [-0.25, -0.2) is 9.78 Å². The highest BCUT2D eigenvalue weighted by Gasteiger charge is 2.27. The van der Waals surface area contributed by atoms with Crippen LogP contribution >= 0.6 is 0 Å². The number of carbonyl (C=O) groups is 1. The van der Waals surface area contributed by atoms with Crippen LogP contribution in [-0.4, -0.2) is 28.7 Å². The highest BCUT2D eigenvalue weighted by atomic mass is 19.4. The highest BCUT2D eigenvalue weighted by Crippen LogP contribution is 2.11. The molecule has 0 fully saturated rings. The van der Waals surface area contributed by atoms with E-state index in [9.17, 15) is 18.0 Å². The molecule has 0 aliphatic rings. The molecular weight excluding hydrogens is 213 g/mol. The van der Waals surface area contributed by atoms with E-state index in [-0.39, 0.29) is 6.54 Å². The highest BCUT2D eigenvalue weighted by molar-refractivity contribution is 5.73. The van der Waals surface area contributed by atoms with E-state index in [1.165, 1.54) is 12.5 Å². The molecule has 0 saturated carbocycles. The van der Waals surface area contributed by atoms with Crippen LogP contribution in [0.1, 0.15) is 5.69 Å². The van der Waals surface area contributed by atoms with E-state index in [0.29, 0.717) is 5.69 Å². The van der Waals surface area contributed by atoms with Crippen LogP contribution in [0, 0.1) is 0 Å². The van der Waals surface area contributed by atoms with Crippen molar-refractivity contribution in [3.05, 3.63) is 18.2 Å². The van der Waals surface area contributed by atoms with Crippen molar-refractivity contribution in [2.24, 2.45) is 0 Å². The number of H-pyrrole nitrogens is 1. The van der Waals surface area contributed by atoms with Gasteiger partial charge in [0.1, 0.15) is 6.54 Å². The summed E-state index contributed by atoms with van der Waals surface area (Å²) in [6.07, 6.45) is -1.53. The number of nitrogens with one attached hydrogen (secondary N) is 3. The monoisotopic (exact) mass is 222 g/mol. The second-order valence-corrected chi connectivity index (χ2v) is 2.73. The van der Waals surface area contributed by atoms with Crippen LogP contribution in [0.5, 0.6) is 0 Å². The quantitative estimate of drug-likeness (QED) is 0.707. The first-order valence-corrected chi connectivity index (χ1v) is 4.03. The molecule has 3 N–H and O–H groups in total. The zero-order valence-electron chi connectivity index (χ0n) is 7.56. The standard InChI is InChI=1S/C7H9F3N4O/c8-7(9,10)3-13-6(15)12-2-5-1-11-4-14-5/h1,4H,2-3H2,(H,11,14)(H2,12,13,15). The molecule has 15 heavy (non-hydrogen) atoms. The molecule has 84 valence electrons. The van der Waals surface area contributed by atoms with E-state index >= 15 is 0 Å². The van der Waals surface area contributed by atoms with Crippen LogP contribution < -0.4 is 10.6 Å². The van der Waals surface area contributed by atoms with Crippen molar-refractivity contribution in [3.63, 3.8) is 0 Å². The lowest BCUT2D eigenvalue weighted by Crippen LogP contribution is -2.40. The number of halogens is 3. The van der Waals surface area contributed by atoms with Gasteiger partial charge in [0.2, 0.25) is 0 Å². The summed E-state index contributed by atoms with van der Waals surface area (Å²) in [5, 5.41) is 3.91. The number of imidazole rings is 1. The van der Waals surface area contributed by atoms with E-state index in [1.807, 2.05) is 0 Å². The molecule has 0 unspecified atom stereocenters. The molecule has 0 radical (unpaired) electrons. The number of carbonyl (C=O) groups excluding carboxylic acids is 1. The number of rotatable bonds is 3. The van der Waals surface area contributed by atoms with Crippen LogP contribution in [-0.2, 0) is 6.54 Å². The molecule has 1 aromatic heterocycles. The first kappa shape index (κ1) is 11.3. The third-order valence-corrected chi connectivity index (χ3v) is 1.44. The van der Waals surface area contributed by atoms with Crippen molar-refractivity contribution in [2.45, 2.75) is 12.7 Å². The largest absolute Gasteiger partial charge is 0.405 e. The van der Waals surface area contributed by atoms with Crippen molar-refractivity contribution in [2.75, 3.05) is 6.54 Å². The molecule has 0 atom stereocenters. The van der Waals surface area contributed by atoms with Crippen LogP contribution in [0.2, 0.25) is 0 Å². The van der Waals surface area contributed by atoms with Gasteiger partial charge in [-0.3, -0.25) is 0 Å². The van der Waals surface area contributed by atoms with Crippen molar-refractivity contribution in [1.29, 1.82) is 0 Å². The molecule has 8 heteroatoms. The zero-order valence-corrected chi connectivity index (χ0v) is 7.56. The van der Waals surface area contributed by atoms with Crippen LogP contribution in [0.3, 0.4) is 0 Å². The predicted octanol–water partition coefficient (Wildman–Crippen LogP) is 0.771. The van der Waals surface area contributed by atoms with Crippen LogP contribution in [0.15, 0.2) is 12.5 Å². The van der Waals surface area contributed by atoms with Crippen LogP contribution in [0.4, 0.5) is 18.0 Å². The summed E-state index contributed by atoms with van der Waals surface area (Å²) >= 11 is 0. The van der Waals surface area contributed by atoms with E-state index in [1.54, 1.807) is 5.32 Å². The molecule has 1 aromatic rings. The summed E-state index contributed by atoms with van der Waals surface area (Å²) in [5.41, 5.74) is 0.608. The lowest BCUT2D eigenvalue weighted by Gasteiger charge is -2.08. The lowest BCUT2D eigenvalue weighted by atomic mass is 10.5. The second-order valence-electron chi connectivity index (χ2n) is 2.73. The first-order chi connectivity index (χ1) is 6.97. The van der Waals surface area contributed by atoms with Gasteiger partial charge in [0.25, 0.3) is 0 Å². The lowest BCUT2D eigenvalue weighted by molar-refractivity contribution is -0.122. The molecule has 0 aliphatic heterocycles. The molecule has 1 rings (SSSR count). The second kappa shape index (κ2) is 4.67. The third-order valence-electron chi connectivity index (χ3n) is 1.44. The maximum absolute atomic E-state index is 11.7. The Balaban J connectivity index is 2.20. The Bertz CT molecular complexity index is 309. The van der Waals surface area contributed by atoms with E-state index in [4.69, 9.17) is 0 Å². The normalized spacial score (nSPS) is 11.1. The van der Waals surface area contributed by atoms with Gasteiger partial charge < -0.3 is 15.6 Å². The predicted molar refractivity (Wildman–Crippen MR) is 44.9 cm³/mol. The average molecular weight is 222 g/mol. The molecule has 0 saturated heterocycles. The van der Waals surface area contributed by atoms with E-state index < -0.39 is 18.8 Å². The molecule has 0 aliphatic carbocycles. The minimum absolute atomic E-state index is 0.101. The summed E-state index contributed by atoms with van der Waals surface area (Å²) in [6, 6.07) is -0.873. The third kappa shape index (κ3) is 4.89. The number of amides is 2. The number of alkyl halides is 3. The van der Waals surface area contributed by atoms with E-state index in [0.717, 1.165) is 0 Å². The fraction of sp³-hybridized carbons (Fsp3) is 0.429. The number of hydrogen-bond donors (Lipinski definition) is 3. The summed E-state index contributed by atoms with van der Waals surface area (Å²) in [4.78, 5) is 17.2. The number of aromatic nitrogens is 2. The van der Waals surface area contributed by atoms with Gasteiger partial charge >= 0.3 is 12.2 Å². The maximum Gasteiger partial charge on any atom is 0.405 e. The zero-order chi connectivity index (χ0) is 11.3. The first-order valence-electron chi connectivity index (χ1n) is 4.03. The number of hydrogen-bond acceptors (Lipinski definition) is 2. The Hall–Kier alpha value is -1.73. The Labute approximate surface area is 83.1 Å². The van der Waals surface area contributed by atoms with Crippen molar-refractivity contribution in [3.8, 4) is 0 Å². The Morgan fingerprint density at radius 1 is 1.47 bits per heavy atom. The molecule has 0 spiro atoms. The molecule has 2 amide bonds. The minimum atomic E-state index is -4.40. The number of nitrogens with zero attached hydrogens (tertiary/aromatic N) is 1. The maximum atomic E-state index is 11.7. The topological polar surface area (TPSA) is 69.8 Å². The summed E-state index contributed by atoms with van der Waals surface area (Å²) in [5.74, 6) is 0. The Morgan fingerprint density at radius 2 is 2.20 bits per heavy atom. The SMILES string of the molecule is O=C(NCc1cnc[nH]1)NCC(F)(F)F. The van der Waals surface area contributed by atoms with Gasteiger partial charge in [-0.15, -0.1) is 0 Å². The molecule has 5 nitrogen and oxygen atoms in total. The number of aromatic amines is 1. The molecule has 0 bridgehead atoms. The Kier molecular flexibility index (Phi) is 3.53. The Morgan fingerprint density at radius 3 is 2.73 bits per heavy atom. The molecular formula is C7H9F3N4O. The van der Waals surface area contributed by atoms with Crippen molar-refractivity contribution >= 4 is 6.03 Å². The van der Waals surface area contributed by atoms with Crippen molar-refractivity contribution in [1.82, 2.24) is 20.6 Å². The van der Waals surface area contributed by atoms with Crippen LogP contribution in [0.25, 0.3) is 0 Å². The minimum Gasteiger partial charge on any atom is -0.347 e. The molecule has 1 heterocycles. The summed E-state index contributed by atoms with van der Waals surface area (Å²) in [7, 11) is 0. The summed E-state index contributed by atoms with van der Waals surface area (Å²) in [6.45, 7) is -1.24. The average Bonchev–Trinajstić information content (AvgIpc) is 2.62. The van der Waals surface area contributed by atoms with Gasteiger partial charge in [-0.2, -0.15) is 13.2 Å². The smallest absolute Gasteiger partial charge is 0.347 e. The van der Waals surface area contributed by atoms with Gasteiger partial charge in [0, 0.05) is 6.20 Å². The van der Waals surface area contributed by atoms with Gasteiger partial charge in [0.15, 0.2) is 0 Å². The fourth-order valence-corrected chi connectivity index (χ4v) is 0.800. The van der Waals surface area contributed by atoms with Crippen molar-refractivity contribution < 1.29 is 18.0 Å². The summed E-state index contributed by atoms with van der Waals surface area (Å²) < 4.78 is 35.0. The van der Waals surface area contributed by atoms with Gasteiger partial charge in [-0.05, 0) is 0 Å². The van der Waals surface area contributed by atoms with E-state index in [2.05, 4.69) is 15.3 Å².